The number of carbonyl (C=O) groups is 1. The maximum atomic E-state index is 13.9. The Bertz CT molecular complexity index is 464. The summed E-state index contributed by atoms with van der Waals surface area (Å²) in [6.07, 6.45) is 1.76. The Labute approximate surface area is 112 Å². The van der Waals surface area contributed by atoms with Crippen LogP contribution in [0.3, 0.4) is 0 Å². The second-order valence-electron chi connectivity index (χ2n) is 5.11. The third-order valence-corrected chi connectivity index (χ3v) is 3.66. The Kier molecular flexibility index (Phi) is 4.50. The smallest absolute Gasteiger partial charge is 0.221 e. The summed E-state index contributed by atoms with van der Waals surface area (Å²) in [4.78, 5) is 13.3. The Hall–Kier alpha value is -1.46. The molecule has 1 saturated heterocycles. The number of carbonyl (C=O) groups excluding carboxylic acids is 1. The molecule has 1 aromatic carbocycles. The normalized spacial score (nSPS) is 20.4. The molecule has 1 atom stereocenters. The number of likely N-dealkylation sites (tertiary alicyclic amines) is 1. The van der Waals surface area contributed by atoms with Crippen LogP contribution in [0.2, 0.25) is 0 Å². The highest BCUT2D eigenvalue weighted by Gasteiger charge is 2.24. The van der Waals surface area contributed by atoms with Crippen molar-refractivity contribution in [3.63, 3.8) is 0 Å². The molecule has 0 aliphatic carbocycles. The van der Waals surface area contributed by atoms with Gasteiger partial charge in [-0.15, -0.1) is 0 Å². The van der Waals surface area contributed by atoms with Crippen LogP contribution in [-0.4, -0.2) is 23.9 Å². The number of rotatable bonds is 4. The minimum absolute atomic E-state index is 0.111. The third kappa shape index (κ3) is 3.52. The number of piperidine rings is 1. The predicted octanol–water partition coefficient (Wildman–Crippen LogP) is 0.982. The first-order valence-electron chi connectivity index (χ1n) is 6.59. The Balaban J connectivity index is 2.02. The lowest BCUT2D eigenvalue weighted by atomic mass is 9.97. The van der Waals surface area contributed by atoms with Gasteiger partial charge in [0.1, 0.15) is 5.82 Å². The molecule has 4 N–H and O–H groups in total. The summed E-state index contributed by atoms with van der Waals surface area (Å²) in [5.74, 6) is -0.604. The van der Waals surface area contributed by atoms with Gasteiger partial charge in [0.05, 0.1) is 5.92 Å². The van der Waals surface area contributed by atoms with Crippen molar-refractivity contribution >= 4 is 5.91 Å². The molecule has 0 saturated carbocycles. The summed E-state index contributed by atoms with van der Waals surface area (Å²) in [5.41, 5.74) is 12.2. The van der Waals surface area contributed by atoms with E-state index in [-0.39, 0.29) is 17.6 Å². The monoisotopic (exact) mass is 265 g/mol. The van der Waals surface area contributed by atoms with Crippen molar-refractivity contribution in [2.75, 3.05) is 13.1 Å². The summed E-state index contributed by atoms with van der Waals surface area (Å²) in [5, 5.41) is 0. The van der Waals surface area contributed by atoms with E-state index in [1.807, 2.05) is 6.07 Å². The number of hydrogen-bond acceptors (Lipinski definition) is 3. The molecule has 0 radical (unpaired) electrons. The van der Waals surface area contributed by atoms with Crippen LogP contribution in [0.4, 0.5) is 4.39 Å². The van der Waals surface area contributed by atoms with Crippen LogP contribution in [0.15, 0.2) is 18.2 Å². The van der Waals surface area contributed by atoms with Crippen molar-refractivity contribution in [2.45, 2.75) is 25.9 Å². The van der Waals surface area contributed by atoms with Crippen molar-refractivity contribution in [3.05, 3.63) is 35.1 Å². The van der Waals surface area contributed by atoms with E-state index in [0.717, 1.165) is 24.9 Å². The van der Waals surface area contributed by atoms with E-state index in [1.165, 1.54) is 6.07 Å². The SMILES string of the molecule is NCc1ccc(CN2CCCC(C(N)=O)C2)c(F)c1. The average Bonchev–Trinajstić information content (AvgIpc) is 2.41. The lowest BCUT2D eigenvalue weighted by Crippen LogP contribution is -2.40. The van der Waals surface area contributed by atoms with E-state index in [2.05, 4.69) is 4.90 Å². The largest absolute Gasteiger partial charge is 0.369 e. The first-order valence-corrected chi connectivity index (χ1v) is 6.59. The van der Waals surface area contributed by atoms with Gasteiger partial charge in [0.2, 0.25) is 5.91 Å². The Morgan fingerprint density at radius 1 is 1.47 bits per heavy atom. The number of primary amides is 1. The van der Waals surface area contributed by atoms with Crippen molar-refractivity contribution < 1.29 is 9.18 Å². The molecule has 0 aromatic heterocycles. The molecule has 1 heterocycles. The molecule has 0 bridgehead atoms. The summed E-state index contributed by atoms with van der Waals surface area (Å²) in [6.45, 7) is 2.35. The molecule has 1 aliphatic rings. The lowest BCUT2D eigenvalue weighted by Gasteiger charge is -2.31. The predicted molar refractivity (Wildman–Crippen MR) is 71.5 cm³/mol. The number of nitrogens with zero attached hydrogens (tertiary/aromatic N) is 1. The fourth-order valence-corrected chi connectivity index (χ4v) is 2.52. The Morgan fingerprint density at radius 3 is 2.89 bits per heavy atom. The first-order chi connectivity index (χ1) is 9.10. The van der Waals surface area contributed by atoms with Crippen molar-refractivity contribution in [3.8, 4) is 0 Å². The number of benzene rings is 1. The lowest BCUT2D eigenvalue weighted by molar-refractivity contribution is -0.123. The Morgan fingerprint density at radius 2 is 2.26 bits per heavy atom. The van der Waals surface area contributed by atoms with Gasteiger partial charge in [-0.1, -0.05) is 12.1 Å². The quantitative estimate of drug-likeness (QED) is 0.852. The van der Waals surface area contributed by atoms with Crippen LogP contribution in [-0.2, 0) is 17.9 Å². The van der Waals surface area contributed by atoms with Gasteiger partial charge in [0.15, 0.2) is 0 Å². The topological polar surface area (TPSA) is 72.3 Å². The fourth-order valence-electron chi connectivity index (χ4n) is 2.52. The summed E-state index contributed by atoms with van der Waals surface area (Å²) < 4.78 is 13.9. The molecular weight excluding hydrogens is 245 g/mol. The van der Waals surface area contributed by atoms with E-state index in [4.69, 9.17) is 11.5 Å². The fraction of sp³-hybridized carbons (Fsp3) is 0.500. The van der Waals surface area contributed by atoms with E-state index in [1.54, 1.807) is 6.07 Å². The van der Waals surface area contributed by atoms with Gasteiger partial charge in [0, 0.05) is 25.2 Å². The standard InChI is InChI=1S/C14H20FN3O/c15-13-6-10(7-16)3-4-11(13)8-18-5-1-2-12(9-18)14(17)19/h3-4,6,12H,1-2,5,7-9,16H2,(H2,17,19). The number of hydrogen-bond donors (Lipinski definition) is 2. The molecule has 4 nitrogen and oxygen atoms in total. The molecule has 1 amide bonds. The summed E-state index contributed by atoms with van der Waals surface area (Å²) in [6, 6.07) is 5.09. The zero-order valence-corrected chi connectivity index (χ0v) is 10.9. The summed E-state index contributed by atoms with van der Waals surface area (Å²) in [7, 11) is 0. The molecule has 1 aromatic rings. The van der Waals surface area contributed by atoms with Crippen LogP contribution in [0.25, 0.3) is 0 Å². The maximum absolute atomic E-state index is 13.9. The molecule has 1 aliphatic heterocycles. The van der Waals surface area contributed by atoms with E-state index in [9.17, 15) is 9.18 Å². The van der Waals surface area contributed by atoms with Gasteiger partial charge in [-0.2, -0.15) is 0 Å². The van der Waals surface area contributed by atoms with E-state index < -0.39 is 0 Å². The third-order valence-electron chi connectivity index (χ3n) is 3.66. The van der Waals surface area contributed by atoms with Crippen molar-refractivity contribution in [1.29, 1.82) is 0 Å². The molecule has 5 heteroatoms. The zero-order valence-electron chi connectivity index (χ0n) is 10.9. The van der Waals surface area contributed by atoms with Crippen molar-refractivity contribution in [2.24, 2.45) is 17.4 Å². The van der Waals surface area contributed by atoms with Gasteiger partial charge in [-0.05, 0) is 31.0 Å². The second-order valence-corrected chi connectivity index (χ2v) is 5.11. The molecule has 1 unspecified atom stereocenters. The van der Waals surface area contributed by atoms with Gasteiger partial charge in [-0.3, -0.25) is 9.69 Å². The van der Waals surface area contributed by atoms with E-state index >= 15 is 0 Å². The molecule has 1 fully saturated rings. The van der Waals surface area contributed by atoms with E-state index in [0.29, 0.717) is 25.2 Å². The molecule has 0 spiro atoms. The van der Waals surface area contributed by atoms with Gasteiger partial charge < -0.3 is 11.5 Å². The van der Waals surface area contributed by atoms with Crippen LogP contribution < -0.4 is 11.5 Å². The number of amides is 1. The van der Waals surface area contributed by atoms with Crippen molar-refractivity contribution in [1.82, 2.24) is 4.90 Å². The highest BCUT2D eigenvalue weighted by atomic mass is 19.1. The molecule has 104 valence electrons. The van der Waals surface area contributed by atoms with Crippen LogP contribution in [0.1, 0.15) is 24.0 Å². The van der Waals surface area contributed by atoms with Crippen LogP contribution in [0, 0.1) is 11.7 Å². The molecule has 19 heavy (non-hydrogen) atoms. The highest BCUT2D eigenvalue weighted by molar-refractivity contribution is 5.76. The highest BCUT2D eigenvalue weighted by Crippen LogP contribution is 2.20. The molecular formula is C14H20FN3O. The summed E-state index contributed by atoms with van der Waals surface area (Å²) >= 11 is 0. The van der Waals surface area contributed by atoms with Crippen LogP contribution in [0.5, 0.6) is 0 Å². The van der Waals surface area contributed by atoms with Gasteiger partial charge >= 0.3 is 0 Å². The minimum atomic E-state index is -0.261. The van der Waals surface area contributed by atoms with Gasteiger partial charge in [0.25, 0.3) is 0 Å². The van der Waals surface area contributed by atoms with Crippen LogP contribution >= 0.6 is 0 Å². The average molecular weight is 265 g/mol. The number of nitrogens with two attached hydrogens (primary N) is 2. The first kappa shape index (κ1) is 14.0. The number of halogens is 1. The molecule has 2 rings (SSSR count). The maximum Gasteiger partial charge on any atom is 0.221 e. The minimum Gasteiger partial charge on any atom is -0.369 e. The van der Waals surface area contributed by atoms with Gasteiger partial charge in [-0.25, -0.2) is 4.39 Å². The second kappa shape index (κ2) is 6.12. The zero-order chi connectivity index (χ0) is 13.8.